The molecule has 0 saturated carbocycles. The SMILES string of the molecule is Nc1cccc(SCCn2cccn2)c1. The van der Waals surface area contributed by atoms with Crippen molar-refractivity contribution in [2.45, 2.75) is 11.4 Å². The number of nitrogens with zero attached hydrogens (tertiary/aromatic N) is 2. The molecule has 2 rings (SSSR count). The Balaban J connectivity index is 1.83. The molecular formula is C11H13N3S. The molecule has 15 heavy (non-hydrogen) atoms. The first-order valence-electron chi connectivity index (χ1n) is 4.80. The molecule has 0 fully saturated rings. The Morgan fingerprint density at radius 1 is 1.33 bits per heavy atom. The average Bonchev–Trinajstić information content (AvgIpc) is 2.71. The van der Waals surface area contributed by atoms with E-state index in [-0.39, 0.29) is 0 Å². The summed E-state index contributed by atoms with van der Waals surface area (Å²) >= 11 is 1.79. The summed E-state index contributed by atoms with van der Waals surface area (Å²) < 4.78 is 1.93. The molecule has 0 amide bonds. The van der Waals surface area contributed by atoms with Crippen LogP contribution in [0.3, 0.4) is 0 Å². The van der Waals surface area contributed by atoms with Crippen LogP contribution in [0.4, 0.5) is 5.69 Å². The van der Waals surface area contributed by atoms with Crippen molar-refractivity contribution in [2.24, 2.45) is 0 Å². The van der Waals surface area contributed by atoms with Crippen LogP contribution in [-0.2, 0) is 6.54 Å². The normalized spacial score (nSPS) is 10.4. The fraction of sp³-hybridized carbons (Fsp3) is 0.182. The van der Waals surface area contributed by atoms with Crippen molar-refractivity contribution in [3.8, 4) is 0 Å². The largest absolute Gasteiger partial charge is 0.399 e. The standard InChI is InChI=1S/C11H13N3S/c12-10-3-1-4-11(9-10)15-8-7-14-6-2-5-13-14/h1-6,9H,7-8,12H2. The van der Waals surface area contributed by atoms with Crippen LogP contribution in [0.1, 0.15) is 0 Å². The quantitative estimate of drug-likeness (QED) is 0.633. The Morgan fingerprint density at radius 3 is 3.00 bits per heavy atom. The predicted molar refractivity (Wildman–Crippen MR) is 63.8 cm³/mol. The van der Waals surface area contributed by atoms with Gasteiger partial charge < -0.3 is 5.73 Å². The van der Waals surface area contributed by atoms with E-state index in [1.807, 2.05) is 35.1 Å². The number of hydrogen-bond donors (Lipinski definition) is 1. The van der Waals surface area contributed by atoms with E-state index < -0.39 is 0 Å². The third-order valence-electron chi connectivity index (χ3n) is 2.01. The van der Waals surface area contributed by atoms with Crippen molar-refractivity contribution in [3.05, 3.63) is 42.7 Å². The minimum absolute atomic E-state index is 0.819. The fourth-order valence-corrected chi connectivity index (χ4v) is 2.20. The maximum Gasteiger partial charge on any atom is 0.0503 e. The first-order chi connectivity index (χ1) is 7.34. The van der Waals surface area contributed by atoms with Crippen LogP contribution in [0.5, 0.6) is 0 Å². The summed E-state index contributed by atoms with van der Waals surface area (Å²) in [5, 5.41) is 4.14. The minimum Gasteiger partial charge on any atom is -0.399 e. The zero-order chi connectivity index (χ0) is 10.5. The van der Waals surface area contributed by atoms with Gasteiger partial charge in [0.05, 0.1) is 6.54 Å². The molecular weight excluding hydrogens is 206 g/mol. The van der Waals surface area contributed by atoms with E-state index in [2.05, 4.69) is 11.2 Å². The van der Waals surface area contributed by atoms with Gasteiger partial charge in [0, 0.05) is 28.7 Å². The van der Waals surface area contributed by atoms with Crippen LogP contribution >= 0.6 is 11.8 Å². The van der Waals surface area contributed by atoms with E-state index in [9.17, 15) is 0 Å². The van der Waals surface area contributed by atoms with Crippen molar-refractivity contribution >= 4 is 17.4 Å². The van der Waals surface area contributed by atoms with Gasteiger partial charge in [-0.1, -0.05) is 6.07 Å². The first-order valence-corrected chi connectivity index (χ1v) is 5.79. The average molecular weight is 219 g/mol. The molecule has 0 radical (unpaired) electrons. The Labute approximate surface area is 93.3 Å². The van der Waals surface area contributed by atoms with E-state index in [1.165, 1.54) is 4.90 Å². The molecule has 2 aromatic rings. The van der Waals surface area contributed by atoms with Gasteiger partial charge in [-0.3, -0.25) is 4.68 Å². The molecule has 0 aliphatic carbocycles. The van der Waals surface area contributed by atoms with Crippen LogP contribution in [0.15, 0.2) is 47.6 Å². The molecule has 2 N–H and O–H groups in total. The highest BCUT2D eigenvalue weighted by atomic mass is 32.2. The first kappa shape index (κ1) is 10.1. The van der Waals surface area contributed by atoms with Crippen LogP contribution in [0.2, 0.25) is 0 Å². The number of anilines is 1. The zero-order valence-electron chi connectivity index (χ0n) is 8.34. The zero-order valence-corrected chi connectivity index (χ0v) is 9.15. The molecule has 1 aromatic heterocycles. The lowest BCUT2D eigenvalue weighted by atomic mass is 10.3. The number of hydrogen-bond acceptors (Lipinski definition) is 3. The molecule has 1 aromatic carbocycles. The molecule has 0 atom stereocenters. The summed E-state index contributed by atoms with van der Waals surface area (Å²) in [6.07, 6.45) is 3.77. The van der Waals surface area contributed by atoms with Crippen molar-refractivity contribution in [3.63, 3.8) is 0 Å². The molecule has 4 heteroatoms. The van der Waals surface area contributed by atoms with E-state index in [0.717, 1.165) is 18.0 Å². The van der Waals surface area contributed by atoms with Gasteiger partial charge in [0.1, 0.15) is 0 Å². The lowest BCUT2D eigenvalue weighted by molar-refractivity contribution is 0.666. The molecule has 3 nitrogen and oxygen atoms in total. The van der Waals surface area contributed by atoms with E-state index in [1.54, 1.807) is 18.0 Å². The molecule has 0 unspecified atom stereocenters. The van der Waals surface area contributed by atoms with Gasteiger partial charge in [0.2, 0.25) is 0 Å². The number of thioether (sulfide) groups is 1. The van der Waals surface area contributed by atoms with Gasteiger partial charge >= 0.3 is 0 Å². The second-order valence-corrected chi connectivity index (χ2v) is 4.36. The summed E-state index contributed by atoms with van der Waals surface area (Å²) in [5.74, 6) is 1.01. The number of nitrogen functional groups attached to an aromatic ring is 1. The Bertz CT molecular complexity index is 412. The van der Waals surface area contributed by atoms with Crippen LogP contribution in [0.25, 0.3) is 0 Å². The number of aryl methyl sites for hydroxylation is 1. The summed E-state index contributed by atoms with van der Waals surface area (Å²) in [6, 6.07) is 9.88. The topological polar surface area (TPSA) is 43.8 Å². The summed E-state index contributed by atoms with van der Waals surface area (Å²) in [7, 11) is 0. The number of nitrogens with two attached hydrogens (primary N) is 1. The smallest absolute Gasteiger partial charge is 0.0503 e. The summed E-state index contributed by atoms with van der Waals surface area (Å²) in [4.78, 5) is 1.21. The molecule has 0 spiro atoms. The lowest BCUT2D eigenvalue weighted by Crippen LogP contribution is -2.00. The Hall–Kier alpha value is -1.42. The monoisotopic (exact) mass is 219 g/mol. The van der Waals surface area contributed by atoms with Gasteiger partial charge in [0.25, 0.3) is 0 Å². The molecule has 0 saturated heterocycles. The van der Waals surface area contributed by atoms with E-state index in [0.29, 0.717) is 0 Å². The maximum absolute atomic E-state index is 5.69. The van der Waals surface area contributed by atoms with Gasteiger partial charge in [-0.05, 0) is 24.3 Å². The highest BCUT2D eigenvalue weighted by Gasteiger charge is 1.95. The third kappa shape index (κ3) is 3.02. The number of rotatable bonds is 4. The van der Waals surface area contributed by atoms with Crippen molar-refractivity contribution in [1.82, 2.24) is 9.78 Å². The summed E-state index contributed by atoms with van der Waals surface area (Å²) in [5.41, 5.74) is 6.51. The van der Waals surface area contributed by atoms with Crippen molar-refractivity contribution in [1.29, 1.82) is 0 Å². The van der Waals surface area contributed by atoms with Crippen LogP contribution in [0, 0.1) is 0 Å². The Kier molecular flexibility index (Phi) is 3.29. The number of benzene rings is 1. The lowest BCUT2D eigenvalue weighted by Gasteiger charge is -2.02. The fourth-order valence-electron chi connectivity index (χ4n) is 1.29. The minimum atomic E-state index is 0.819. The highest BCUT2D eigenvalue weighted by Crippen LogP contribution is 2.19. The van der Waals surface area contributed by atoms with E-state index >= 15 is 0 Å². The van der Waals surface area contributed by atoms with Crippen molar-refractivity contribution < 1.29 is 0 Å². The third-order valence-corrected chi connectivity index (χ3v) is 2.98. The second kappa shape index (κ2) is 4.89. The van der Waals surface area contributed by atoms with Gasteiger partial charge in [-0.25, -0.2) is 0 Å². The Morgan fingerprint density at radius 2 is 2.27 bits per heavy atom. The van der Waals surface area contributed by atoms with Gasteiger partial charge in [0.15, 0.2) is 0 Å². The number of aromatic nitrogens is 2. The van der Waals surface area contributed by atoms with Crippen LogP contribution < -0.4 is 5.73 Å². The molecule has 0 aliphatic rings. The molecule has 1 heterocycles. The molecule has 0 bridgehead atoms. The maximum atomic E-state index is 5.69. The van der Waals surface area contributed by atoms with Crippen molar-refractivity contribution in [2.75, 3.05) is 11.5 Å². The second-order valence-electron chi connectivity index (χ2n) is 3.19. The van der Waals surface area contributed by atoms with E-state index in [4.69, 9.17) is 5.73 Å². The van der Waals surface area contributed by atoms with Gasteiger partial charge in [-0.15, -0.1) is 11.8 Å². The van der Waals surface area contributed by atoms with Crippen LogP contribution in [-0.4, -0.2) is 15.5 Å². The highest BCUT2D eigenvalue weighted by molar-refractivity contribution is 7.99. The molecule has 0 aliphatic heterocycles. The molecule has 78 valence electrons. The van der Waals surface area contributed by atoms with Gasteiger partial charge in [-0.2, -0.15) is 5.10 Å². The summed E-state index contributed by atoms with van der Waals surface area (Å²) in [6.45, 7) is 0.923. The predicted octanol–water partition coefficient (Wildman–Crippen LogP) is 2.26.